The molecule has 1 amide bonds. The maximum atomic E-state index is 13.7. The standard InChI is InChI=1S/C25H28N2O7/c1-14(28)24-22(23(26-34-24)16-6-7-18(30-2)19(11-16)31-3)25(29)27-9-8-15-10-20(32-4)21(33-5)12-17(15)13-27/h6-7,10-12,14,28H,8-9,13H2,1-5H3/t14-/m0/s1. The molecule has 1 N–H and O–H groups in total. The lowest BCUT2D eigenvalue weighted by atomic mass is 9.97. The summed E-state index contributed by atoms with van der Waals surface area (Å²) in [6.07, 6.45) is -0.357. The van der Waals surface area contributed by atoms with E-state index in [9.17, 15) is 9.90 Å². The first kappa shape index (κ1) is 23.4. The molecule has 2 heterocycles. The molecule has 180 valence electrons. The van der Waals surface area contributed by atoms with Crippen molar-refractivity contribution >= 4 is 5.91 Å². The number of ether oxygens (including phenoxy) is 4. The normalized spacial score (nSPS) is 13.8. The molecule has 3 aromatic rings. The van der Waals surface area contributed by atoms with Crippen LogP contribution in [-0.2, 0) is 13.0 Å². The van der Waals surface area contributed by atoms with E-state index in [-0.39, 0.29) is 17.2 Å². The molecule has 34 heavy (non-hydrogen) atoms. The van der Waals surface area contributed by atoms with E-state index in [4.69, 9.17) is 23.5 Å². The lowest BCUT2D eigenvalue weighted by Gasteiger charge is -2.30. The fourth-order valence-corrected chi connectivity index (χ4v) is 4.19. The molecule has 1 aliphatic heterocycles. The number of hydrogen-bond donors (Lipinski definition) is 1. The zero-order valence-electron chi connectivity index (χ0n) is 19.9. The van der Waals surface area contributed by atoms with Gasteiger partial charge in [-0.1, -0.05) is 5.16 Å². The second-order valence-electron chi connectivity index (χ2n) is 7.97. The average molecular weight is 469 g/mol. The van der Waals surface area contributed by atoms with Gasteiger partial charge in [-0.3, -0.25) is 4.79 Å². The topological polar surface area (TPSA) is 103 Å². The summed E-state index contributed by atoms with van der Waals surface area (Å²) in [5, 5.41) is 14.4. The Hall–Kier alpha value is -3.72. The Bertz CT molecular complexity index is 1200. The lowest BCUT2D eigenvalue weighted by Crippen LogP contribution is -2.36. The van der Waals surface area contributed by atoms with Crippen LogP contribution in [-0.4, -0.2) is 56.1 Å². The van der Waals surface area contributed by atoms with Crippen molar-refractivity contribution in [3.63, 3.8) is 0 Å². The number of carbonyl (C=O) groups excluding carboxylic acids is 1. The van der Waals surface area contributed by atoms with Crippen molar-refractivity contribution in [2.45, 2.75) is 26.0 Å². The Morgan fingerprint density at radius 3 is 2.21 bits per heavy atom. The Balaban J connectivity index is 1.72. The number of nitrogens with zero attached hydrogens (tertiary/aromatic N) is 2. The highest BCUT2D eigenvalue weighted by Gasteiger charge is 2.32. The number of benzene rings is 2. The van der Waals surface area contributed by atoms with Crippen molar-refractivity contribution in [1.82, 2.24) is 10.1 Å². The fourth-order valence-electron chi connectivity index (χ4n) is 4.19. The van der Waals surface area contributed by atoms with E-state index < -0.39 is 6.10 Å². The van der Waals surface area contributed by atoms with Crippen molar-refractivity contribution < 1.29 is 33.4 Å². The monoisotopic (exact) mass is 468 g/mol. The molecule has 1 aliphatic rings. The molecule has 9 nitrogen and oxygen atoms in total. The molecular weight excluding hydrogens is 440 g/mol. The number of amides is 1. The summed E-state index contributed by atoms with van der Waals surface area (Å²) < 4.78 is 27.0. The molecule has 0 saturated heterocycles. The van der Waals surface area contributed by atoms with Crippen molar-refractivity contribution in [3.8, 4) is 34.3 Å². The predicted molar refractivity (Wildman–Crippen MR) is 124 cm³/mol. The first-order valence-electron chi connectivity index (χ1n) is 10.8. The molecule has 4 rings (SSSR count). The SMILES string of the molecule is COc1ccc(-c2noc([C@H](C)O)c2C(=O)N2CCc3cc(OC)c(OC)cc3C2)cc1OC. The van der Waals surface area contributed by atoms with Crippen LogP contribution in [0.1, 0.15) is 40.3 Å². The predicted octanol–water partition coefficient (Wildman–Crippen LogP) is 3.63. The third kappa shape index (κ3) is 4.14. The second-order valence-corrected chi connectivity index (χ2v) is 7.97. The van der Waals surface area contributed by atoms with Crippen molar-refractivity contribution in [3.05, 3.63) is 52.8 Å². The minimum Gasteiger partial charge on any atom is -0.493 e. The molecule has 1 aromatic heterocycles. The van der Waals surface area contributed by atoms with Gasteiger partial charge in [0.2, 0.25) is 0 Å². The summed E-state index contributed by atoms with van der Waals surface area (Å²) in [6.45, 7) is 2.42. The van der Waals surface area contributed by atoms with Gasteiger partial charge in [-0.25, -0.2) is 0 Å². The van der Waals surface area contributed by atoms with Crippen LogP contribution in [0.15, 0.2) is 34.9 Å². The summed E-state index contributed by atoms with van der Waals surface area (Å²) in [6, 6.07) is 9.07. The highest BCUT2D eigenvalue weighted by molar-refractivity contribution is 6.01. The molecule has 2 aromatic carbocycles. The Kier molecular flexibility index (Phi) is 6.65. The van der Waals surface area contributed by atoms with Gasteiger partial charge in [0.25, 0.3) is 5.91 Å². The smallest absolute Gasteiger partial charge is 0.260 e. The van der Waals surface area contributed by atoms with Crippen LogP contribution >= 0.6 is 0 Å². The molecular formula is C25H28N2O7. The van der Waals surface area contributed by atoms with Gasteiger partial charge in [0.15, 0.2) is 28.8 Å². The summed E-state index contributed by atoms with van der Waals surface area (Å²) >= 11 is 0. The minimum atomic E-state index is -1.01. The Morgan fingerprint density at radius 1 is 0.971 bits per heavy atom. The molecule has 0 unspecified atom stereocenters. The number of methoxy groups -OCH3 is 4. The zero-order chi connectivity index (χ0) is 24.4. The van der Waals surface area contributed by atoms with Crippen LogP contribution in [0.4, 0.5) is 0 Å². The van der Waals surface area contributed by atoms with Crippen LogP contribution in [0.3, 0.4) is 0 Å². The van der Waals surface area contributed by atoms with E-state index in [1.165, 1.54) is 7.11 Å². The van der Waals surface area contributed by atoms with E-state index in [1.54, 1.807) is 51.4 Å². The summed E-state index contributed by atoms with van der Waals surface area (Å²) in [5.41, 5.74) is 3.24. The van der Waals surface area contributed by atoms with Gasteiger partial charge < -0.3 is 33.5 Å². The van der Waals surface area contributed by atoms with Gasteiger partial charge in [0, 0.05) is 18.7 Å². The van der Waals surface area contributed by atoms with Gasteiger partial charge in [-0.2, -0.15) is 0 Å². The third-order valence-electron chi connectivity index (χ3n) is 5.97. The number of aliphatic hydroxyl groups is 1. The number of aromatic nitrogens is 1. The van der Waals surface area contributed by atoms with E-state index in [0.29, 0.717) is 53.8 Å². The van der Waals surface area contributed by atoms with Gasteiger partial charge in [0.1, 0.15) is 17.4 Å². The Labute approximate surface area is 197 Å². The van der Waals surface area contributed by atoms with Crippen LogP contribution in [0.5, 0.6) is 23.0 Å². The number of carbonyl (C=O) groups is 1. The van der Waals surface area contributed by atoms with Crippen LogP contribution in [0.2, 0.25) is 0 Å². The van der Waals surface area contributed by atoms with E-state index in [1.807, 2.05) is 12.1 Å². The first-order chi connectivity index (χ1) is 16.4. The van der Waals surface area contributed by atoms with Gasteiger partial charge in [0.05, 0.1) is 28.4 Å². The van der Waals surface area contributed by atoms with Gasteiger partial charge in [-0.15, -0.1) is 0 Å². The first-order valence-corrected chi connectivity index (χ1v) is 10.8. The highest BCUT2D eigenvalue weighted by Crippen LogP contribution is 2.37. The van der Waals surface area contributed by atoms with Crippen LogP contribution in [0, 0.1) is 0 Å². The lowest BCUT2D eigenvalue weighted by molar-refractivity contribution is 0.0723. The van der Waals surface area contributed by atoms with Crippen LogP contribution in [0.25, 0.3) is 11.3 Å². The molecule has 0 aliphatic carbocycles. The van der Waals surface area contributed by atoms with E-state index in [2.05, 4.69) is 5.16 Å². The maximum Gasteiger partial charge on any atom is 0.260 e. The molecule has 0 saturated carbocycles. The van der Waals surface area contributed by atoms with Gasteiger partial charge >= 0.3 is 0 Å². The van der Waals surface area contributed by atoms with Gasteiger partial charge in [-0.05, 0) is 54.8 Å². The fraction of sp³-hybridized carbons (Fsp3) is 0.360. The molecule has 0 bridgehead atoms. The molecule has 0 fully saturated rings. The zero-order valence-corrected chi connectivity index (χ0v) is 19.9. The van der Waals surface area contributed by atoms with E-state index >= 15 is 0 Å². The Morgan fingerprint density at radius 2 is 1.59 bits per heavy atom. The van der Waals surface area contributed by atoms with Crippen molar-refractivity contribution in [1.29, 1.82) is 0 Å². The van der Waals surface area contributed by atoms with Crippen LogP contribution < -0.4 is 18.9 Å². The maximum absolute atomic E-state index is 13.7. The molecule has 0 spiro atoms. The summed E-state index contributed by atoms with van der Waals surface area (Å²) in [7, 11) is 6.26. The van der Waals surface area contributed by atoms with Crippen molar-refractivity contribution in [2.75, 3.05) is 35.0 Å². The largest absolute Gasteiger partial charge is 0.493 e. The number of fused-ring (bicyclic) bond motifs is 1. The van der Waals surface area contributed by atoms with E-state index in [0.717, 1.165) is 11.1 Å². The number of rotatable bonds is 7. The number of aliphatic hydroxyl groups excluding tert-OH is 1. The molecule has 9 heteroatoms. The third-order valence-corrected chi connectivity index (χ3v) is 5.97. The molecule has 0 radical (unpaired) electrons. The minimum absolute atomic E-state index is 0.118. The summed E-state index contributed by atoms with van der Waals surface area (Å²) in [4.78, 5) is 15.5. The van der Waals surface area contributed by atoms with Crippen molar-refractivity contribution in [2.24, 2.45) is 0 Å². The second kappa shape index (κ2) is 9.64. The quantitative estimate of drug-likeness (QED) is 0.561. The molecule has 1 atom stereocenters. The highest BCUT2D eigenvalue weighted by atomic mass is 16.5. The summed E-state index contributed by atoms with van der Waals surface area (Å²) in [5.74, 6) is 2.15. The average Bonchev–Trinajstić information content (AvgIpc) is 3.32. The number of hydrogen-bond acceptors (Lipinski definition) is 8.